The highest BCUT2D eigenvalue weighted by Gasteiger charge is 2.06. The molecule has 2 aromatic rings. The van der Waals surface area contributed by atoms with Crippen LogP contribution in [0.3, 0.4) is 0 Å². The van der Waals surface area contributed by atoms with E-state index in [9.17, 15) is 0 Å². The Bertz CT molecular complexity index is 608. The molecule has 0 radical (unpaired) electrons. The maximum atomic E-state index is 8.58. The van der Waals surface area contributed by atoms with E-state index in [1.807, 2.05) is 31.2 Å². The average molecular weight is 271 g/mol. The topological polar surface area (TPSA) is 51.0 Å². The van der Waals surface area contributed by atoms with Gasteiger partial charge in [-0.1, -0.05) is 29.4 Å². The van der Waals surface area contributed by atoms with E-state index in [4.69, 9.17) is 14.7 Å². The smallest absolute Gasteiger partial charge is 0.162 e. The van der Waals surface area contributed by atoms with Crippen LogP contribution in [0, 0.1) is 6.92 Å². The summed E-state index contributed by atoms with van der Waals surface area (Å²) in [6.07, 6.45) is 1.35. The van der Waals surface area contributed by atoms with Crippen LogP contribution in [0.25, 0.3) is 0 Å². The summed E-state index contributed by atoms with van der Waals surface area (Å²) in [5, 5.41) is 11.6. The Labute approximate surface area is 118 Å². The predicted molar refractivity (Wildman–Crippen MR) is 77.9 cm³/mol. The first-order valence-electron chi connectivity index (χ1n) is 6.27. The summed E-state index contributed by atoms with van der Waals surface area (Å²) in [6.45, 7) is 2.51. The monoisotopic (exact) mass is 271 g/mol. The Kier molecular flexibility index (Phi) is 4.60. The summed E-state index contributed by atoms with van der Waals surface area (Å²) in [7, 11) is 1.59. The van der Waals surface area contributed by atoms with Crippen molar-refractivity contribution in [3.63, 3.8) is 0 Å². The molecular weight excluding hydrogens is 254 g/mol. The normalized spacial score (nSPS) is 10.7. The SMILES string of the molecule is COc1ccc(/C=N\O)cc1OCc1ccccc1C. The first-order chi connectivity index (χ1) is 9.74. The second kappa shape index (κ2) is 6.61. The van der Waals surface area contributed by atoms with Crippen molar-refractivity contribution in [2.45, 2.75) is 13.5 Å². The van der Waals surface area contributed by atoms with Crippen molar-refractivity contribution in [3.05, 3.63) is 59.2 Å². The lowest BCUT2D eigenvalue weighted by molar-refractivity contribution is 0.284. The van der Waals surface area contributed by atoms with Crippen LogP contribution in [0.15, 0.2) is 47.6 Å². The molecule has 0 aliphatic heterocycles. The van der Waals surface area contributed by atoms with Crippen LogP contribution in [0.1, 0.15) is 16.7 Å². The molecule has 4 nitrogen and oxygen atoms in total. The standard InChI is InChI=1S/C16H17NO3/c1-12-5-3-4-6-14(12)11-20-16-9-13(10-17-18)7-8-15(16)19-2/h3-10,18H,11H2,1-2H3/b17-10-. The zero-order chi connectivity index (χ0) is 14.4. The van der Waals surface area contributed by atoms with Crippen LogP contribution in [0.5, 0.6) is 11.5 Å². The Morgan fingerprint density at radius 2 is 1.95 bits per heavy atom. The number of benzene rings is 2. The van der Waals surface area contributed by atoms with Gasteiger partial charge in [-0.05, 0) is 36.2 Å². The third-order valence-corrected chi connectivity index (χ3v) is 3.04. The van der Waals surface area contributed by atoms with Crippen LogP contribution in [0.4, 0.5) is 0 Å². The number of hydrogen-bond donors (Lipinski definition) is 1. The zero-order valence-corrected chi connectivity index (χ0v) is 11.5. The van der Waals surface area contributed by atoms with Crippen LogP contribution in [0.2, 0.25) is 0 Å². The van der Waals surface area contributed by atoms with Crippen molar-refractivity contribution in [2.24, 2.45) is 5.16 Å². The van der Waals surface area contributed by atoms with Crippen LogP contribution in [-0.4, -0.2) is 18.5 Å². The summed E-state index contributed by atoms with van der Waals surface area (Å²) >= 11 is 0. The van der Waals surface area contributed by atoms with Gasteiger partial charge in [0.1, 0.15) is 6.61 Å². The van der Waals surface area contributed by atoms with E-state index in [1.165, 1.54) is 11.8 Å². The Morgan fingerprint density at radius 3 is 2.65 bits per heavy atom. The van der Waals surface area contributed by atoms with Gasteiger partial charge in [0.25, 0.3) is 0 Å². The molecule has 2 aromatic carbocycles. The van der Waals surface area contributed by atoms with Crippen molar-refractivity contribution in [2.75, 3.05) is 7.11 Å². The molecular formula is C16H17NO3. The van der Waals surface area contributed by atoms with Gasteiger partial charge in [-0.15, -0.1) is 0 Å². The number of hydrogen-bond acceptors (Lipinski definition) is 4. The van der Waals surface area contributed by atoms with Gasteiger partial charge in [0.2, 0.25) is 0 Å². The van der Waals surface area contributed by atoms with E-state index in [-0.39, 0.29) is 0 Å². The molecule has 0 fully saturated rings. The molecule has 0 atom stereocenters. The van der Waals surface area contributed by atoms with Crippen molar-refractivity contribution in [1.29, 1.82) is 0 Å². The third-order valence-electron chi connectivity index (χ3n) is 3.04. The molecule has 0 heterocycles. The first-order valence-corrected chi connectivity index (χ1v) is 6.27. The molecule has 1 N–H and O–H groups in total. The summed E-state index contributed by atoms with van der Waals surface area (Å²) in [5.41, 5.74) is 3.04. The summed E-state index contributed by atoms with van der Waals surface area (Å²) in [4.78, 5) is 0. The second-order valence-corrected chi connectivity index (χ2v) is 4.37. The van der Waals surface area contributed by atoms with Gasteiger partial charge in [0, 0.05) is 5.56 Å². The van der Waals surface area contributed by atoms with E-state index in [2.05, 4.69) is 5.16 Å². The lowest BCUT2D eigenvalue weighted by Crippen LogP contribution is -2.00. The highest BCUT2D eigenvalue weighted by Crippen LogP contribution is 2.28. The molecule has 4 heteroatoms. The molecule has 0 saturated heterocycles. The minimum Gasteiger partial charge on any atom is -0.493 e. The molecule has 0 amide bonds. The van der Waals surface area contributed by atoms with E-state index < -0.39 is 0 Å². The number of rotatable bonds is 5. The number of nitrogens with zero attached hydrogens (tertiary/aromatic N) is 1. The highest BCUT2D eigenvalue weighted by molar-refractivity contribution is 5.80. The van der Waals surface area contributed by atoms with Crippen molar-refractivity contribution >= 4 is 6.21 Å². The molecule has 0 aliphatic rings. The largest absolute Gasteiger partial charge is 0.493 e. The first kappa shape index (κ1) is 13.9. The van der Waals surface area contributed by atoms with E-state index >= 15 is 0 Å². The average Bonchev–Trinajstić information content (AvgIpc) is 2.47. The fraction of sp³-hybridized carbons (Fsp3) is 0.188. The lowest BCUT2D eigenvalue weighted by Gasteiger charge is -2.12. The van der Waals surface area contributed by atoms with Crippen molar-refractivity contribution in [3.8, 4) is 11.5 Å². The van der Waals surface area contributed by atoms with E-state index in [1.54, 1.807) is 25.3 Å². The molecule has 0 saturated carbocycles. The molecule has 0 aliphatic carbocycles. The van der Waals surface area contributed by atoms with Crippen LogP contribution < -0.4 is 9.47 Å². The number of ether oxygens (including phenoxy) is 2. The molecule has 104 valence electrons. The van der Waals surface area contributed by atoms with Gasteiger partial charge in [0.15, 0.2) is 11.5 Å². The third kappa shape index (κ3) is 3.29. The summed E-state index contributed by atoms with van der Waals surface area (Å²) < 4.78 is 11.1. The fourth-order valence-electron chi connectivity index (χ4n) is 1.88. The summed E-state index contributed by atoms with van der Waals surface area (Å²) in [5.74, 6) is 1.27. The predicted octanol–water partition coefficient (Wildman–Crippen LogP) is 3.39. The number of oxime groups is 1. The Balaban J connectivity index is 2.19. The van der Waals surface area contributed by atoms with Crippen molar-refractivity contribution in [1.82, 2.24) is 0 Å². The van der Waals surface area contributed by atoms with E-state index in [0.717, 1.165) is 11.1 Å². The zero-order valence-electron chi connectivity index (χ0n) is 11.5. The van der Waals surface area contributed by atoms with Gasteiger partial charge < -0.3 is 14.7 Å². The molecule has 2 rings (SSSR count). The molecule has 20 heavy (non-hydrogen) atoms. The summed E-state index contributed by atoms with van der Waals surface area (Å²) in [6, 6.07) is 13.4. The van der Waals surface area contributed by atoms with Gasteiger partial charge in [-0.3, -0.25) is 0 Å². The maximum absolute atomic E-state index is 8.58. The number of aryl methyl sites for hydroxylation is 1. The highest BCUT2D eigenvalue weighted by atomic mass is 16.5. The molecule has 0 spiro atoms. The van der Waals surface area contributed by atoms with Gasteiger partial charge >= 0.3 is 0 Å². The van der Waals surface area contributed by atoms with Crippen LogP contribution in [-0.2, 0) is 6.61 Å². The van der Waals surface area contributed by atoms with Gasteiger partial charge in [-0.2, -0.15) is 0 Å². The fourth-order valence-corrected chi connectivity index (χ4v) is 1.88. The van der Waals surface area contributed by atoms with E-state index in [0.29, 0.717) is 18.1 Å². The minimum absolute atomic E-state index is 0.461. The second-order valence-electron chi connectivity index (χ2n) is 4.37. The van der Waals surface area contributed by atoms with Gasteiger partial charge in [0.05, 0.1) is 13.3 Å². The Morgan fingerprint density at radius 1 is 1.15 bits per heavy atom. The molecule has 0 unspecified atom stereocenters. The molecule has 0 bridgehead atoms. The number of methoxy groups -OCH3 is 1. The maximum Gasteiger partial charge on any atom is 0.162 e. The molecule has 0 aromatic heterocycles. The quantitative estimate of drug-likeness (QED) is 0.515. The van der Waals surface area contributed by atoms with Gasteiger partial charge in [-0.25, -0.2) is 0 Å². The van der Waals surface area contributed by atoms with Crippen LogP contribution >= 0.6 is 0 Å². The Hall–Kier alpha value is -2.49. The minimum atomic E-state index is 0.461. The van der Waals surface area contributed by atoms with Crippen molar-refractivity contribution < 1.29 is 14.7 Å². The lowest BCUT2D eigenvalue weighted by atomic mass is 10.1.